The molecule has 2 nitrogen and oxygen atoms in total. The molecular formula is C19H20F17NO. The predicted molar refractivity (Wildman–Crippen MR) is 96.2 cm³/mol. The standard InChI is InChI=1S/C19H20F17NO/c1-3-11(38)37(4-2)10-8-6-5-7-9-12(20,21)13(22,23)14(24,25)15(26,27)16(28,29)17(30,31)18(32,33)19(34,35)36/h3H,1,4-10H2,2H3. The molecule has 0 aliphatic heterocycles. The minimum Gasteiger partial charge on any atom is -0.339 e. The Morgan fingerprint density at radius 1 is 0.605 bits per heavy atom. The summed E-state index contributed by atoms with van der Waals surface area (Å²) in [5, 5.41) is 0. The normalized spacial score (nSPS) is 15.0. The van der Waals surface area contributed by atoms with Crippen molar-refractivity contribution in [2.75, 3.05) is 13.1 Å². The molecule has 0 aromatic carbocycles. The van der Waals surface area contributed by atoms with Crippen molar-refractivity contribution in [2.24, 2.45) is 0 Å². The van der Waals surface area contributed by atoms with E-state index in [1.54, 1.807) is 0 Å². The van der Waals surface area contributed by atoms with Crippen LogP contribution in [0.2, 0.25) is 0 Å². The second-order valence-electron chi connectivity index (χ2n) is 7.93. The molecule has 0 N–H and O–H groups in total. The van der Waals surface area contributed by atoms with Gasteiger partial charge in [-0.15, -0.1) is 0 Å². The molecule has 0 aromatic rings. The molecule has 19 heteroatoms. The number of alkyl halides is 17. The van der Waals surface area contributed by atoms with Gasteiger partial charge in [-0.25, -0.2) is 0 Å². The Morgan fingerprint density at radius 3 is 1.34 bits per heavy atom. The minimum absolute atomic E-state index is 0.00987. The average Bonchev–Trinajstić information content (AvgIpc) is 2.76. The molecule has 38 heavy (non-hydrogen) atoms. The van der Waals surface area contributed by atoms with Crippen LogP contribution in [0.5, 0.6) is 0 Å². The average molecular weight is 601 g/mol. The summed E-state index contributed by atoms with van der Waals surface area (Å²) in [6.07, 6.45) is -11.1. The Bertz CT molecular complexity index is 819. The maximum Gasteiger partial charge on any atom is 0.460 e. The Hall–Kier alpha value is -1.98. The first kappa shape index (κ1) is 36.0. The molecular weight excluding hydrogens is 581 g/mol. The van der Waals surface area contributed by atoms with Gasteiger partial charge in [-0.05, 0) is 25.8 Å². The van der Waals surface area contributed by atoms with Crippen LogP contribution in [-0.4, -0.2) is 71.5 Å². The number of amides is 1. The van der Waals surface area contributed by atoms with E-state index in [-0.39, 0.29) is 25.9 Å². The van der Waals surface area contributed by atoms with E-state index in [4.69, 9.17) is 0 Å². The van der Waals surface area contributed by atoms with Gasteiger partial charge in [0.2, 0.25) is 5.91 Å². The topological polar surface area (TPSA) is 20.3 Å². The molecule has 0 unspecified atom stereocenters. The van der Waals surface area contributed by atoms with Crippen LogP contribution in [0.3, 0.4) is 0 Å². The second kappa shape index (κ2) is 11.3. The van der Waals surface area contributed by atoms with Crippen LogP contribution in [-0.2, 0) is 4.79 Å². The van der Waals surface area contributed by atoms with Crippen molar-refractivity contribution in [3.63, 3.8) is 0 Å². The van der Waals surface area contributed by atoms with Gasteiger partial charge in [-0.1, -0.05) is 19.4 Å². The molecule has 0 radical (unpaired) electrons. The fourth-order valence-electron chi connectivity index (χ4n) is 2.91. The van der Waals surface area contributed by atoms with E-state index in [9.17, 15) is 79.4 Å². The van der Waals surface area contributed by atoms with Gasteiger partial charge in [0.15, 0.2) is 0 Å². The molecule has 0 saturated heterocycles. The van der Waals surface area contributed by atoms with Crippen molar-refractivity contribution in [1.82, 2.24) is 4.90 Å². The lowest BCUT2D eigenvalue weighted by Crippen LogP contribution is -2.74. The SMILES string of the molecule is C=CC(=O)N(CC)CCCCCCC(F)(F)C(F)(F)C(F)(F)C(F)(F)C(F)(F)C(F)(F)C(F)(F)C(F)(F)F. The fraction of sp³-hybridized carbons (Fsp3) is 0.842. The molecule has 0 fully saturated rings. The van der Waals surface area contributed by atoms with Crippen LogP contribution in [0, 0.1) is 0 Å². The van der Waals surface area contributed by atoms with E-state index in [2.05, 4.69) is 6.58 Å². The summed E-state index contributed by atoms with van der Waals surface area (Å²) < 4.78 is 224. The lowest BCUT2D eigenvalue weighted by Gasteiger charge is -2.42. The quantitative estimate of drug-likeness (QED) is 0.106. The monoisotopic (exact) mass is 601 g/mol. The number of carbonyl (C=O) groups excluding carboxylic acids is 1. The summed E-state index contributed by atoms with van der Waals surface area (Å²) >= 11 is 0. The van der Waals surface area contributed by atoms with Crippen molar-refractivity contribution in [2.45, 2.75) is 86.7 Å². The highest BCUT2D eigenvalue weighted by atomic mass is 19.4. The third-order valence-electron chi connectivity index (χ3n) is 5.32. The predicted octanol–water partition coefficient (Wildman–Crippen LogP) is 7.98. The number of rotatable bonds is 15. The molecule has 0 aromatic heterocycles. The van der Waals surface area contributed by atoms with E-state index < -0.39 is 72.8 Å². The van der Waals surface area contributed by atoms with Crippen molar-refractivity contribution in [1.29, 1.82) is 0 Å². The second-order valence-corrected chi connectivity index (χ2v) is 7.93. The molecule has 226 valence electrons. The number of likely N-dealkylation sites (N-methyl/N-ethyl adjacent to an activating group) is 1. The summed E-state index contributed by atoms with van der Waals surface area (Å²) in [5.74, 6) is -56.6. The fourth-order valence-corrected chi connectivity index (χ4v) is 2.91. The van der Waals surface area contributed by atoms with Gasteiger partial charge in [-0.3, -0.25) is 4.79 Å². The van der Waals surface area contributed by atoms with E-state index in [0.717, 1.165) is 6.08 Å². The Morgan fingerprint density at radius 2 is 0.974 bits per heavy atom. The maximum absolute atomic E-state index is 13.8. The first-order chi connectivity index (χ1) is 16.7. The zero-order valence-electron chi connectivity index (χ0n) is 19.0. The van der Waals surface area contributed by atoms with E-state index >= 15 is 0 Å². The van der Waals surface area contributed by atoms with Gasteiger partial charge in [0.1, 0.15) is 0 Å². The zero-order chi connectivity index (χ0) is 30.8. The summed E-state index contributed by atoms with van der Waals surface area (Å²) in [7, 11) is 0. The summed E-state index contributed by atoms with van der Waals surface area (Å²) in [6, 6.07) is 0. The van der Waals surface area contributed by atoms with Crippen molar-refractivity contribution in [3.8, 4) is 0 Å². The van der Waals surface area contributed by atoms with Crippen LogP contribution in [0.1, 0.15) is 39.0 Å². The van der Waals surface area contributed by atoms with E-state index in [1.807, 2.05) is 0 Å². The molecule has 0 spiro atoms. The zero-order valence-corrected chi connectivity index (χ0v) is 19.0. The number of hydrogen-bond acceptors (Lipinski definition) is 1. The number of carbonyl (C=O) groups is 1. The summed E-state index contributed by atoms with van der Waals surface area (Å²) in [4.78, 5) is 12.6. The molecule has 0 aliphatic rings. The van der Waals surface area contributed by atoms with Gasteiger partial charge in [-0.2, -0.15) is 74.6 Å². The minimum atomic E-state index is -8.62. The van der Waals surface area contributed by atoms with Gasteiger partial charge >= 0.3 is 47.6 Å². The lowest BCUT2D eigenvalue weighted by molar-refractivity contribution is -0.461. The smallest absolute Gasteiger partial charge is 0.339 e. The van der Waals surface area contributed by atoms with Crippen molar-refractivity contribution >= 4 is 5.91 Å². The van der Waals surface area contributed by atoms with Crippen LogP contribution in [0.15, 0.2) is 12.7 Å². The van der Waals surface area contributed by atoms with Gasteiger partial charge in [0.05, 0.1) is 0 Å². The van der Waals surface area contributed by atoms with Crippen LogP contribution < -0.4 is 0 Å². The Labute approximate surface area is 203 Å². The molecule has 0 saturated carbocycles. The molecule has 1 amide bonds. The van der Waals surface area contributed by atoms with Crippen LogP contribution in [0.25, 0.3) is 0 Å². The first-order valence-corrected chi connectivity index (χ1v) is 10.3. The van der Waals surface area contributed by atoms with Gasteiger partial charge < -0.3 is 4.90 Å². The number of halogens is 17. The van der Waals surface area contributed by atoms with E-state index in [1.165, 1.54) is 11.8 Å². The summed E-state index contributed by atoms with van der Waals surface area (Å²) in [6.45, 7) is 4.87. The number of unbranched alkanes of at least 4 members (excludes halogenated alkanes) is 3. The van der Waals surface area contributed by atoms with E-state index in [0.29, 0.717) is 0 Å². The highest BCUT2D eigenvalue weighted by Crippen LogP contribution is 2.64. The first-order valence-electron chi connectivity index (χ1n) is 10.3. The van der Waals surface area contributed by atoms with Crippen LogP contribution >= 0.6 is 0 Å². The Kier molecular flexibility index (Phi) is 10.7. The maximum atomic E-state index is 13.8. The molecule has 0 aliphatic carbocycles. The number of hydrogen-bond donors (Lipinski definition) is 0. The largest absolute Gasteiger partial charge is 0.460 e. The van der Waals surface area contributed by atoms with Crippen molar-refractivity contribution in [3.05, 3.63) is 12.7 Å². The van der Waals surface area contributed by atoms with Crippen LogP contribution in [0.4, 0.5) is 74.6 Å². The van der Waals surface area contributed by atoms with Gasteiger partial charge in [0.25, 0.3) is 0 Å². The highest BCUT2D eigenvalue weighted by molar-refractivity contribution is 5.86. The molecule has 0 rings (SSSR count). The van der Waals surface area contributed by atoms with Crippen molar-refractivity contribution < 1.29 is 79.4 Å². The lowest BCUT2D eigenvalue weighted by atomic mass is 9.88. The summed E-state index contributed by atoms with van der Waals surface area (Å²) in [5.41, 5.74) is 0. The highest BCUT2D eigenvalue weighted by Gasteiger charge is 2.95. The molecule has 0 atom stereocenters. The van der Waals surface area contributed by atoms with Gasteiger partial charge in [0, 0.05) is 19.5 Å². The Balaban J connectivity index is 5.78. The molecule has 0 heterocycles. The molecule has 0 bridgehead atoms. The third kappa shape index (κ3) is 5.94. The third-order valence-corrected chi connectivity index (χ3v) is 5.32. The number of nitrogens with zero attached hydrogens (tertiary/aromatic N) is 1.